The van der Waals surface area contributed by atoms with E-state index in [4.69, 9.17) is 14.2 Å². The number of fused-ring (bicyclic) bond motifs is 1. The van der Waals surface area contributed by atoms with Crippen molar-refractivity contribution in [3.63, 3.8) is 0 Å². The zero-order valence-corrected chi connectivity index (χ0v) is 23.0. The molecule has 0 radical (unpaired) electrons. The van der Waals surface area contributed by atoms with Crippen molar-refractivity contribution in [2.24, 2.45) is 5.10 Å². The smallest absolute Gasteiger partial charge is 0.275 e. The Morgan fingerprint density at radius 3 is 2.34 bits per heavy atom. The van der Waals surface area contributed by atoms with Crippen molar-refractivity contribution in [3.8, 4) is 17.2 Å². The molecule has 8 nitrogen and oxygen atoms in total. The normalized spacial score (nSPS) is 10.8. The fourth-order valence-corrected chi connectivity index (χ4v) is 4.49. The first-order valence-corrected chi connectivity index (χ1v) is 12.9. The van der Waals surface area contributed by atoms with Crippen LogP contribution in [0.4, 0.5) is 5.69 Å². The Morgan fingerprint density at radius 2 is 1.63 bits per heavy atom. The maximum atomic E-state index is 12.8. The van der Waals surface area contributed by atoms with Gasteiger partial charge in [0.2, 0.25) is 0 Å². The van der Waals surface area contributed by atoms with Crippen molar-refractivity contribution >= 4 is 57.1 Å². The Hall–Kier alpha value is -4.12. The van der Waals surface area contributed by atoms with Gasteiger partial charge in [-0.1, -0.05) is 42.5 Å². The number of hydrogen-bond acceptors (Lipinski definition) is 6. The second kappa shape index (κ2) is 12.9. The number of nitrogens with one attached hydrogen (secondary N) is 2. The van der Waals surface area contributed by atoms with Gasteiger partial charge in [0.25, 0.3) is 11.8 Å². The second-order valence-electron chi connectivity index (χ2n) is 8.06. The number of methoxy groups -OCH3 is 1. The summed E-state index contributed by atoms with van der Waals surface area (Å²) < 4.78 is 17.7. The molecule has 0 aliphatic rings. The molecular formula is C29H26IN3O5. The first kappa shape index (κ1) is 26.9. The summed E-state index contributed by atoms with van der Waals surface area (Å²) >= 11 is 2.11. The predicted molar refractivity (Wildman–Crippen MR) is 156 cm³/mol. The monoisotopic (exact) mass is 623 g/mol. The number of nitrogens with zero attached hydrogens (tertiary/aromatic N) is 1. The first-order chi connectivity index (χ1) is 18.5. The maximum Gasteiger partial charge on any atom is 0.275 e. The van der Waals surface area contributed by atoms with E-state index in [1.165, 1.54) is 13.3 Å². The molecule has 0 spiro atoms. The van der Waals surface area contributed by atoms with E-state index < -0.39 is 5.91 Å². The number of anilines is 1. The molecule has 38 heavy (non-hydrogen) atoms. The summed E-state index contributed by atoms with van der Waals surface area (Å²) in [6.45, 7) is 2.08. The molecule has 0 aliphatic carbocycles. The number of para-hydroxylation sites is 1. The molecule has 9 heteroatoms. The van der Waals surface area contributed by atoms with Gasteiger partial charge in [-0.05, 0) is 82.2 Å². The Kier molecular flexibility index (Phi) is 9.15. The van der Waals surface area contributed by atoms with E-state index in [-0.39, 0.29) is 12.5 Å². The number of hydrogen-bond donors (Lipinski definition) is 2. The van der Waals surface area contributed by atoms with E-state index in [1.807, 2.05) is 61.5 Å². The third-order valence-electron chi connectivity index (χ3n) is 5.43. The molecule has 0 saturated carbocycles. The van der Waals surface area contributed by atoms with Crippen LogP contribution in [0, 0.1) is 3.57 Å². The second-order valence-corrected chi connectivity index (χ2v) is 9.23. The molecule has 0 saturated heterocycles. The number of benzene rings is 4. The van der Waals surface area contributed by atoms with Gasteiger partial charge in [0.15, 0.2) is 18.1 Å². The van der Waals surface area contributed by atoms with Crippen LogP contribution < -0.4 is 25.0 Å². The molecule has 194 valence electrons. The highest BCUT2D eigenvalue weighted by atomic mass is 127. The number of carbonyl (C=O) groups excluding carboxylic acids is 2. The van der Waals surface area contributed by atoms with E-state index in [1.54, 1.807) is 24.3 Å². The molecule has 2 amide bonds. The zero-order valence-electron chi connectivity index (χ0n) is 20.9. The molecule has 4 aromatic carbocycles. The Balaban J connectivity index is 1.45. The molecule has 0 unspecified atom stereocenters. The van der Waals surface area contributed by atoms with Crippen molar-refractivity contribution in [2.75, 3.05) is 25.6 Å². The van der Waals surface area contributed by atoms with Gasteiger partial charge in [0, 0.05) is 5.69 Å². The van der Waals surface area contributed by atoms with Crippen LogP contribution in [0.1, 0.15) is 22.8 Å². The third-order valence-corrected chi connectivity index (χ3v) is 6.23. The van der Waals surface area contributed by atoms with Gasteiger partial charge in [-0.3, -0.25) is 9.59 Å². The van der Waals surface area contributed by atoms with Gasteiger partial charge in [-0.25, -0.2) is 5.43 Å². The van der Waals surface area contributed by atoms with E-state index in [0.717, 1.165) is 14.3 Å². The van der Waals surface area contributed by atoms with Crippen molar-refractivity contribution < 1.29 is 23.8 Å². The molecule has 2 N–H and O–H groups in total. The number of rotatable bonds is 10. The summed E-state index contributed by atoms with van der Waals surface area (Å²) in [7, 11) is 1.52. The first-order valence-electron chi connectivity index (χ1n) is 11.8. The topological polar surface area (TPSA) is 98.2 Å². The number of ether oxygens (including phenoxy) is 3. The Morgan fingerprint density at radius 1 is 0.921 bits per heavy atom. The average Bonchev–Trinajstić information content (AvgIpc) is 2.92. The SMILES string of the molecule is CCOc1cc(/C=N\NC(=O)c2cc3ccccc3cc2OC)cc(I)c1OCC(=O)Nc1ccccc1. The summed E-state index contributed by atoms with van der Waals surface area (Å²) in [4.78, 5) is 25.2. The molecule has 4 aromatic rings. The lowest BCUT2D eigenvalue weighted by Crippen LogP contribution is -2.20. The summed E-state index contributed by atoms with van der Waals surface area (Å²) in [5.74, 6) is 0.705. The number of carbonyl (C=O) groups is 2. The lowest BCUT2D eigenvalue weighted by Gasteiger charge is -2.14. The van der Waals surface area contributed by atoms with Gasteiger partial charge in [0.1, 0.15) is 5.75 Å². The fraction of sp³-hybridized carbons (Fsp3) is 0.138. The third kappa shape index (κ3) is 6.80. The molecular weight excluding hydrogens is 597 g/mol. The molecule has 0 bridgehead atoms. The average molecular weight is 623 g/mol. The number of hydrazone groups is 1. The highest BCUT2D eigenvalue weighted by Crippen LogP contribution is 2.34. The molecule has 0 heterocycles. The minimum absolute atomic E-state index is 0.179. The van der Waals surface area contributed by atoms with Crippen LogP contribution in [0.5, 0.6) is 17.2 Å². The van der Waals surface area contributed by atoms with Gasteiger partial charge in [0.05, 0.1) is 29.1 Å². The summed E-state index contributed by atoms with van der Waals surface area (Å²) in [5.41, 5.74) is 4.31. The van der Waals surface area contributed by atoms with Crippen LogP contribution >= 0.6 is 22.6 Å². The zero-order chi connectivity index (χ0) is 26.9. The van der Waals surface area contributed by atoms with Gasteiger partial charge < -0.3 is 19.5 Å². The Bertz CT molecular complexity index is 1470. The Labute approximate surface area is 234 Å². The quantitative estimate of drug-likeness (QED) is 0.136. The summed E-state index contributed by atoms with van der Waals surface area (Å²) in [6, 6.07) is 24.0. The summed E-state index contributed by atoms with van der Waals surface area (Å²) in [6.07, 6.45) is 1.52. The van der Waals surface area contributed by atoms with Crippen molar-refractivity contribution in [1.82, 2.24) is 5.43 Å². The summed E-state index contributed by atoms with van der Waals surface area (Å²) in [5, 5.41) is 8.81. The number of amides is 2. The standard InChI is InChI=1S/C29H26IN3O5/c1-3-37-26-14-19(13-24(30)28(26)38-18-27(34)32-22-11-5-4-6-12-22)17-31-33-29(35)23-15-20-9-7-8-10-21(20)16-25(23)36-2/h4-17H,3,18H2,1-2H3,(H,32,34)(H,33,35)/b31-17-. The lowest BCUT2D eigenvalue weighted by atomic mass is 10.1. The molecule has 0 atom stereocenters. The fourth-order valence-electron chi connectivity index (χ4n) is 3.71. The highest BCUT2D eigenvalue weighted by Gasteiger charge is 2.15. The van der Waals surface area contributed by atoms with E-state index in [9.17, 15) is 9.59 Å². The highest BCUT2D eigenvalue weighted by molar-refractivity contribution is 14.1. The van der Waals surface area contributed by atoms with Crippen LogP contribution in [-0.4, -0.2) is 38.4 Å². The largest absolute Gasteiger partial charge is 0.496 e. The predicted octanol–water partition coefficient (Wildman–Crippen LogP) is 5.63. The molecule has 0 aliphatic heterocycles. The van der Waals surface area contributed by atoms with E-state index >= 15 is 0 Å². The van der Waals surface area contributed by atoms with Crippen molar-refractivity contribution in [2.45, 2.75) is 6.92 Å². The number of halogens is 1. The van der Waals surface area contributed by atoms with Crippen LogP contribution in [-0.2, 0) is 4.79 Å². The van der Waals surface area contributed by atoms with Gasteiger partial charge in [-0.15, -0.1) is 0 Å². The maximum absolute atomic E-state index is 12.8. The van der Waals surface area contributed by atoms with E-state index in [0.29, 0.717) is 40.7 Å². The minimum atomic E-state index is -0.395. The van der Waals surface area contributed by atoms with Crippen LogP contribution in [0.2, 0.25) is 0 Å². The van der Waals surface area contributed by atoms with Crippen LogP contribution in [0.25, 0.3) is 10.8 Å². The molecule has 0 aromatic heterocycles. The molecule has 0 fully saturated rings. The van der Waals surface area contributed by atoms with Crippen LogP contribution in [0.15, 0.2) is 84.0 Å². The van der Waals surface area contributed by atoms with Crippen LogP contribution in [0.3, 0.4) is 0 Å². The molecule has 4 rings (SSSR count). The van der Waals surface area contributed by atoms with Gasteiger partial charge >= 0.3 is 0 Å². The van der Waals surface area contributed by atoms with Crippen molar-refractivity contribution in [3.05, 3.63) is 93.6 Å². The van der Waals surface area contributed by atoms with Crippen molar-refractivity contribution in [1.29, 1.82) is 0 Å². The van der Waals surface area contributed by atoms with E-state index in [2.05, 4.69) is 38.4 Å². The van der Waals surface area contributed by atoms with Gasteiger partial charge in [-0.2, -0.15) is 5.10 Å². The minimum Gasteiger partial charge on any atom is -0.496 e. The lowest BCUT2D eigenvalue weighted by molar-refractivity contribution is -0.118.